The van der Waals surface area contributed by atoms with Crippen LogP contribution in [-0.4, -0.2) is 15.0 Å². The molecule has 4 rings (SSSR count). The molecule has 0 aliphatic rings. The van der Waals surface area contributed by atoms with Crippen LogP contribution in [0.1, 0.15) is 11.4 Å². The van der Waals surface area contributed by atoms with E-state index in [1.54, 1.807) is 17.4 Å². The molecule has 0 spiro atoms. The van der Waals surface area contributed by atoms with Gasteiger partial charge in [-0.3, -0.25) is 4.79 Å². The predicted octanol–water partition coefficient (Wildman–Crippen LogP) is 4.98. The number of aromatic nitrogens is 3. The molecule has 2 aromatic heterocycles. The molecule has 4 nitrogen and oxygen atoms in total. The molecule has 0 amide bonds. The number of hydrogen-bond acceptors (Lipinski definition) is 4. The van der Waals surface area contributed by atoms with Crippen molar-refractivity contribution in [2.24, 2.45) is 0 Å². The van der Waals surface area contributed by atoms with Crippen LogP contribution < -0.4 is 5.56 Å². The fraction of sp³-hybridized carbons (Fsp3) is 0. The van der Waals surface area contributed by atoms with Crippen LogP contribution in [-0.2, 0) is 0 Å². The van der Waals surface area contributed by atoms with Crippen LogP contribution >= 0.6 is 27.3 Å². The van der Waals surface area contributed by atoms with Crippen molar-refractivity contribution in [3.8, 4) is 10.6 Å². The molecule has 6 heteroatoms. The van der Waals surface area contributed by atoms with E-state index in [1.165, 1.54) is 0 Å². The van der Waals surface area contributed by atoms with Crippen LogP contribution in [0.4, 0.5) is 0 Å². The lowest BCUT2D eigenvalue weighted by molar-refractivity contribution is 1.19. The highest BCUT2D eigenvalue weighted by molar-refractivity contribution is 9.10. The SMILES string of the molecule is O=c1[nH]c2ccccc2nc1/C=C/c1csc(-c2cccc(Br)c2)n1. The number of fused-ring (bicyclic) bond motifs is 1. The summed E-state index contributed by atoms with van der Waals surface area (Å²) in [5.74, 6) is 0. The molecule has 25 heavy (non-hydrogen) atoms. The van der Waals surface area contributed by atoms with Gasteiger partial charge >= 0.3 is 0 Å². The molecule has 0 bridgehead atoms. The molecule has 4 aromatic rings. The Morgan fingerprint density at radius 2 is 1.92 bits per heavy atom. The van der Waals surface area contributed by atoms with Crippen LogP contribution in [0, 0.1) is 0 Å². The van der Waals surface area contributed by atoms with Crippen molar-refractivity contribution < 1.29 is 0 Å². The highest BCUT2D eigenvalue weighted by atomic mass is 79.9. The quantitative estimate of drug-likeness (QED) is 0.518. The Kier molecular flexibility index (Phi) is 4.29. The second-order valence-electron chi connectivity index (χ2n) is 5.39. The maximum atomic E-state index is 12.1. The summed E-state index contributed by atoms with van der Waals surface area (Å²) in [5.41, 5.74) is 3.51. The molecule has 0 atom stereocenters. The van der Waals surface area contributed by atoms with E-state index in [0.717, 1.165) is 31.8 Å². The molecule has 0 aliphatic heterocycles. The number of rotatable bonds is 3. The topological polar surface area (TPSA) is 58.6 Å². The third-order valence-electron chi connectivity index (χ3n) is 3.63. The Bertz CT molecular complexity index is 1150. The van der Waals surface area contributed by atoms with Crippen molar-refractivity contribution in [1.82, 2.24) is 15.0 Å². The number of aromatic amines is 1. The summed E-state index contributed by atoms with van der Waals surface area (Å²) in [6.45, 7) is 0. The highest BCUT2D eigenvalue weighted by Gasteiger charge is 2.05. The molecule has 0 saturated carbocycles. The van der Waals surface area contributed by atoms with Crippen LogP contribution in [0.3, 0.4) is 0 Å². The highest BCUT2D eigenvalue weighted by Crippen LogP contribution is 2.26. The van der Waals surface area contributed by atoms with Gasteiger partial charge in [0.2, 0.25) is 0 Å². The summed E-state index contributed by atoms with van der Waals surface area (Å²) < 4.78 is 1.02. The minimum absolute atomic E-state index is 0.211. The van der Waals surface area contributed by atoms with Crippen LogP contribution in [0.15, 0.2) is 63.2 Å². The molecule has 2 heterocycles. The summed E-state index contributed by atoms with van der Waals surface area (Å²) >= 11 is 5.04. The van der Waals surface area contributed by atoms with Crippen molar-refractivity contribution in [2.45, 2.75) is 0 Å². The lowest BCUT2D eigenvalue weighted by Gasteiger charge is -1.98. The Hall–Kier alpha value is -2.57. The van der Waals surface area contributed by atoms with Crippen molar-refractivity contribution >= 4 is 50.5 Å². The van der Waals surface area contributed by atoms with Gasteiger partial charge in [0.25, 0.3) is 5.56 Å². The van der Waals surface area contributed by atoms with E-state index in [2.05, 4.69) is 30.9 Å². The lowest BCUT2D eigenvalue weighted by Crippen LogP contribution is -2.11. The molecule has 0 radical (unpaired) electrons. The minimum atomic E-state index is -0.211. The zero-order valence-corrected chi connectivity index (χ0v) is 15.3. The smallest absolute Gasteiger partial charge is 0.274 e. The molecule has 0 saturated heterocycles. The summed E-state index contributed by atoms with van der Waals surface area (Å²) in [4.78, 5) is 24.0. The standard InChI is InChI=1S/C19H12BrN3OS/c20-13-5-3-4-12(10-13)19-21-14(11-25-19)8-9-17-18(24)23-16-7-2-1-6-15(16)22-17/h1-11H,(H,23,24)/b9-8+. The number of H-pyrrole nitrogens is 1. The van der Waals surface area contributed by atoms with E-state index in [-0.39, 0.29) is 5.56 Å². The van der Waals surface area contributed by atoms with Crippen LogP contribution in [0.25, 0.3) is 33.8 Å². The Balaban J connectivity index is 1.64. The summed E-state index contributed by atoms with van der Waals surface area (Å²) in [5, 5.41) is 2.89. The van der Waals surface area contributed by atoms with E-state index in [1.807, 2.05) is 60.0 Å². The van der Waals surface area contributed by atoms with E-state index >= 15 is 0 Å². The van der Waals surface area contributed by atoms with Gasteiger partial charge in [-0.05, 0) is 36.4 Å². The first kappa shape index (κ1) is 15.9. The van der Waals surface area contributed by atoms with E-state index in [0.29, 0.717) is 5.69 Å². The number of nitrogens with zero attached hydrogens (tertiary/aromatic N) is 2. The maximum Gasteiger partial charge on any atom is 0.274 e. The van der Waals surface area contributed by atoms with Crippen LogP contribution in [0.5, 0.6) is 0 Å². The average Bonchev–Trinajstić information content (AvgIpc) is 3.09. The maximum absolute atomic E-state index is 12.1. The molecular weight excluding hydrogens is 398 g/mol. The fourth-order valence-corrected chi connectivity index (χ4v) is 3.62. The summed E-state index contributed by atoms with van der Waals surface area (Å²) in [7, 11) is 0. The van der Waals surface area contributed by atoms with Gasteiger partial charge < -0.3 is 4.98 Å². The number of para-hydroxylation sites is 2. The van der Waals surface area contributed by atoms with Crippen molar-refractivity contribution in [2.75, 3.05) is 0 Å². The third kappa shape index (κ3) is 3.45. The number of hydrogen-bond donors (Lipinski definition) is 1. The van der Waals surface area contributed by atoms with E-state index in [4.69, 9.17) is 0 Å². The normalized spacial score (nSPS) is 11.4. The lowest BCUT2D eigenvalue weighted by atomic mass is 10.2. The van der Waals surface area contributed by atoms with Gasteiger partial charge in [-0.1, -0.05) is 40.2 Å². The number of halogens is 1. The van der Waals surface area contributed by atoms with Gasteiger partial charge in [-0.25, -0.2) is 9.97 Å². The van der Waals surface area contributed by atoms with Crippen molar-refractivity contribution in [3.63, 3.8) is 0 Å². The van der Waals surface area contributed by atoms with E-state index in [9.17, 15) is 4.79 Å². The first-order chi connectivity index (χ1) is 12.2. The average molecular weight is 410 g/mol. The zero-order chi connectivity index (χ0) is 17.2. The zero-order valence-electron chi connectivity index (χ0n) is 12.9. The van der Waals surface area contributed by atoms with Gasteiger partial charge in [0.1, 0.15) is 10.7 Å². The Morgan fingerprint density at radius 1 is 1.04 bits per heavy atom. The molecule has 0 fully saturated rings. The van der Waals surface area contributed by atoms with Crippen molar-refractivity contribution in [3.05, 3.63) is 80.1 Å². The minimum Gasteiger partial charge on any atom is -0.319 e. The molecule has 0 aliphatic carbocycles. The molecule has 122 valence electrons. The van der Waals surface area contributed by atoms with Gasteiger partial charge in [-0.15, -0.1) is 11.3 Å². The molecular formula is C19H12BrN3OS. The Morgan fingerprint density at radius 3 is 2.80 bits per heavy atom. The van der Waals surface area contributed by atoms with Crippen LogP contribution in [0.2, 0.25) is 0 Å². The molecule has 2 aromatic carbocycles. The fourth-order valence-electron chi connectivity index (χ4n) is 2.44. The molecule has 1 N–H and O–H groups in total. The third-order valence-corrected chi connectivity index (χ3v) is 5.03. The van der Waals surface area contributed by atoms with Gasteiger partial charge in [0.05, 0.1) is 16.7 Å². The first-order valence-electron chi connectivity index (χ1n) is 7.58. The Labute approximate surface area is 156 Å². The largest absolute Gasteiger partial charge is 0.319 e. The van der Waals surface area contributed by atoms with Gasteiger partial charge in [-0.2, -0.15) is 0 Å². The van der Waals surface area contributed by atoms with Crippen molar-refractivity contribution in [1.29, 1.82) is 0 Å². The first-order valence-corrected chi connectivity index (χ1v) is 9.25. The summed E-state index contributed by atoms with van der Waals surface area (Å²) in [6, 6.07) is 15.5. The predicted molar refractivity (Wildman–Crippen MR) is 107 cm³/mol. The summed E-state index contributed by atoms with van der Waals surface area (Å²) in [6.07, 6.45) is 3.51. The van der Waals surface area contributed by atoms with E-state index < -0.39 is 0 Å². The second-order valence-corrected chi connectivity index (χ2v) is 7.16. The monoisotopic (exact) mass is 409 g/mol. The van der Waals surface area contributed by atoms with Gasteiger partial charge in [0, 0.05) is 15.4 Å². The number of benzene rings is 2. The second kappa shape index (κ2) is 6.74. The number of nitrogens with one attached hydrogen (secondary N) is 1. The molecule has 0 unspecified atom stereocenters. The van der Waals surface area contributed by atoms with Gasteiger partial charge in [0.15, 0.2) is 0 Å². The number of thiazole rings is 1.